The summed E-state index contributed by atoms with van der Waals surface area (Å²) in [6, 6.07) is 0. The Bertz CT molecular complexity index is 129. The van der Waals surface area contributed by atoms with Gasteiger partial charge in [-0.05, 0) is 43.1 Å². The van der Waals surface area contributed by atoms with Crippen LogP contribution in [0.5, 0.6) is 0 Å². The van der Waals surface area contributed by atoms with Gasteiger partial charge in [-0.3, -0.25) is 0 Å². The zero-order valence-electron chi connectivity index (χ0n) is 7.55. The maximum Gasteiger partial charge on any atom is -0.00676 e. The first-order valence-electron chi connectivity index (χ1n) is 4.48. The second-order valence-electron chi connectivity index (χ2n) is 3.52. The molecule has 0 saturated carbocycles. The normalized spacial score (nSPS) is 30.7. The molecule has 0 aliphatic heterocycles. The molecule has 0 amide bonds. The van der Waals surface area contributed by atoms with Crippen molar-refractivity contribution in [2.75, 3.05) is 12.0 Å². The molecule has 0 aromatic heterocycles. The fourth-order valence-corrected chi connectivity index (χ4v) is 2.29. The van der Waals surface area contributed by atoms with Gasteiger partial charge in [0.1, 0.15) is 0 Å². The topological polar surface area (TPSA) is 0 Å². The van der Waals surface area contributed by atoms with E-state index in [0.717, 1.165) is 11.8 Å². The largest absolute Gasteiger partial charge is 0.165 e. The zero-order chi connectivity index (χ0) is 8.10. The third-order valence-corrected chi connectivity index (χ3v) is 3.01. The molecule has 0 aromatic rings. The number of allylic oxidation sites excluding steroid dienone is 2. The van der Waals surface area contributed by atoms with E-state index >= 15 is 0 Å². The van der Waals surface area contributed by atoms with Crippen LogP contribution in [0, 0.1) is 11.8 Å². The van der Waals surface area contributed by atoms with Crippen molar-refractivity contribution < 1.29 is 0 Å². The molecule has 11 heavy (non-hydrogen) atoms. The molecule has 0 nitrogen and oxygen atoms in total. The first kappa shape index (κ1) is 9.18. The summed E-state index contributed by atoms with van der Waals surface area (Å²) in [4.78, 5) is 0. The SMILES string of the molecule is CSCCC1CC=CC(C)C1. The minimum atomic E-state index is 0.829. The molecule has 0 aromatic carbocycles. The molecule has 2 unspecified atom stereocenters. The van der Waals surface area contributed by atoms with Crippen LogP contribution in [0.25, 0.3) is 0 Å². The molecule has 0 bridgehead atoms. The lowest BCUT2D eigenvalue weighted by Gasteiger charge is -2.21. The molecule has 2 atom stereocenters. The molecular formula is C10H18S. The van der Waals surface area contributed by atoms with E-state index in [2.05, 4.69) is 25.3 Å². The highest BCUT2D eigenvalue weighted by molar-refractivity contribution is 7.98. The van der Waals surface area contributed by atoms with E-state index in [-0.39, 0.29) is 0 Å². The second-order valence-corrected chi connectivity index (χ2v) is 4.51. The number of hydrogen-bond acceptors (Lipinski definition) is 1. The summed E-state index contributed by atoms with van der Waals surface area (Å²) in [7, 11) is 0. The van der Waals surface area contributed by atoms with Crippen LogP contribution in [0.3, 0.4) is 0 Å². The smallest absolute Gasteiger partial charge is 0.00676 e. The molecule has 0 saturated heterocycles. The lowest BCUT2D eigenvalue weighted by Crippen LogP contribution is -2.09. The van der Waals surface area contributed by atoms with E-state index < -0.39 is 0 Å². The molecule has 64 valence electrons. The minimum absolute atomic E-state index is 0.829. The van der Waals surface area contributed by atoms with Gasteiger partial charge in [0.15, 0.2) is 0 Å². The van der Waals surface area contributed by atoms with Crippen molar-refractivity contribution in [3.63, 3.8) is 0 Å². The molecule has 0 fully saturated rings. The molecule has 0 N–H and O–H groups in total. The molecule has 1 aliphatic carbocycles. The maximum absolute atomic E-state index is 2.36. The van der Waals surface area contributed by atoms with E-state index in [9.17, 15) is 0 Å². The predicted octanol–water partition coefficient (Wildman–Crippen LogP) is 3.34. The Balaban J connectivity index is 2.20. The van der Waals surface area contributed by atoms with Crippen molar-refractivity contribution in [3.05, 3.63) is 12.2 Å². The summed E-state index contributed by atoms with van der Waals surface area (Å²) in [6.45, 7) is 2.32. The Kier molecular flexibility index (Phi) is 4.06. The fourth-order valence-electron chi connectivity index (χ4n) is 1.72. The van der Waals surface area contributed by atoms with Crippen LogP contribution in [0.15, 0.2) is 12.2 Å². The lowest BCUT2D eigenvalue weighted by molar-refractivity contribution is 0.407. The van der Waals surface area contributed by atoms with E-state index in [1.807, 2.05) is 11.8 Å². The van der Waals surface area contributed by atoms with E-state index in [0.29, 0.717) is 0 Å². The molecule has 1 aliphatic rings. The summed E-state index contributed by atoms with van der Waals surface area (Å²) >= 11 is 1.97. The highest BCUT2D eigenvalue weighted by atomic mass is 32.2. The summed E-state index contributed by atoms with van der Waals surface area (Å²) < 4.78 is 0. The first-order valence-corrected chi connectivity index (χ1v) is 5.88. The number of rotatable bonds is 3. The second kappa shape index (κ2) is 4.87. The highest BCUT2D eigenvalue weighted by Gasteiger charge is 2.13. The van der Waals surface area contributed by atoms with Crippen molar-refractivity contribution in [1.29, 1.82) is 0 Å². The van der Waals surface area contributed by atoms with Crippen molar-refractivity contribution >= 4 is 11.8 Å². The van der Waals surface area contributed by atoms with Crippen molar-refractivity contribution in [2.24, 2.45) is 11.8 Å². The van der Waals surface area contributed by atoms with E-state index in [1.54, 1.807) is 0 Å². The highest BCUT2D eigenvalue weighted by Crippen LogP contribution is 2.26. The van der Waals surface area contributed by atoms with Crippen LogP contribution in [0.2, 0.25) is 0 Å². The van der Waals surface area contributed by atoms with Crippen molar-refractivity contribution in [2.45, 2.75) is 26.2 Å². The van der Waals surface area contributed by atoms with Crippen molar-refractivity contribution in [3.8, 4) is 0 Å². The van der Waals surface area contributed by atoms with Gasteiger partial charge in [-0.15, -0.1) is 0 Å². The third-order valence-electron chi connectivity index (χ3n) is 2.37. The summed E-state index contributed by atoms with van der Waals surface area (Å²) in [6.07, 6.45) is 11.1. The Morgan fingerprint density at radius 3 is 3.00 bits per heavy atom. The lowest BCUT2D eigenvalue weighted by atomic mass is 9.86. The fraction of sp³-hybridized carbons (Fsp3) is 0.800. The van der Waals surface area contributed by atoms with Gasteiger partial charge in [0.05, 0.1) is 0 Å². The quantitative estimate of drug-likeness (QED) is 0.585. The van der Waals surface area contributed by atoms with Gasteiger partial charge in [0.2, 0.25) is 0 Å². The molecule has 0 heterocycles. The molecule has 1 rings (SSSR count). The van der Waals surface area contributed by atoms with E-state index in [1.165, 1.54) is 25.0 Å². The van der Waals surface area contributed by atoms with Crippen molar-refractivity contribution in [1.82, 2.24) is 0 Å². The van der Waals surface area contributed by atoms with Gasteiger partial charge in [0, 0.05) is 0 Å². The van der Waals surface area contributed by atoms with Crippen LogP contribution in [-0.4, -0.2) is 12.0 Å². The van der Waals surface area contributed by atoms with Gasteiger partial charge >= 0.3 is 0 Å². The monoisotopic (exact) mass is 170 g/mol. The average Bonchev–Trinajstić information content (AvgIpc) is 2.01. The third kappa shape index (κ3) is 3.33. The Morgan fingerprint density at radius 2 is 2.36 bits per heavy atom. The Morgan fingerprint density at radius 1 is 1.55 bits per heavy atom. The van der Waals surface area contributed by atoms with Crippen LogP contribution in [0.1, 0.15) is 26.2 Å². The first-order chi connectivity index (χ1) is 5.33. The van der Waals surface area contributed by atoms with Gasteiger partial charge in [-0.2, -0.15) is 11.8 Å². The van der Waals surface area contributed by atoms with Gasteiger partial charge in [0.25, 0.3) is 0 Å². The zero-order valence-corrected chi connectivity index (χ0v) is 8.36. The van der Waals surface area contributed by atoms with Crippen LogP contribution < -0.4 is 0 Å². The van der Waals surface area contributed by atoms with E-state index in [4.69, 9.17) is 0 Å². The Labute approximate surface area is 74.5 Å². The summed E-state index contributed by atoms with van der Waals surface area (Å²) in [5.74, 6) is 3.14. The van der Waals surface area contributed by atoms with Gasteiger partial charge in [-0.1, -0.05) is 19.1 Å². The molecule has 0 spiro atoms. The number of hydrogen-bond donors (Lipinski definition) is 0. The molecular weight excluding hydrogens is 152 g/mol. The average molecular weight is 170 g/mol. The molecule has 0 radical (unpaired) electrons. The van der Waals surface area contributed by atoms with Crippen LogP contribution in [0.4, 0.5) is 0 Å². The van der Waals surface area contributed by atoms with Gasteiger partial charge < -0.3 is 0 Å². The van der Waals surface area contributed by atoms with Gasteiger partial charge in [-0.25, -0.2) is 0 Å². The van der Waals surface area contributed by atoms with Crippen LogP contribution in [-0.2, 0) is 0 Å². The number of thioether (sulfide) groups is 1. The Hall–Kier alpha value is 0.0900. The predicted molar refractivity (Wildman–Crippen MR) is 54.0 cm³/mol. The standard InChI is InChI=1S/C10H18S/c1-9-4-3-5-10(8-9)6-7-11-2/h3-4,9-10H,5-8H2,1-2H3. The molecule has 1 heteroatoms. The summed E-state index contributed by atoms with van der Waals surface area (Å²) in [5.41, 5.74) is 0. The maximum atomic E-state index is 2.36. The minimum Gasteiger partial charge on any atom is -0.165 e. The van der Waals surface area contributed by atoms with Crippen LogP contribution >= 0.6 is 11.8 Å². The summed E-state index contributed by atoms with van der Waals surface area (Å²) in [5, 5.41) is 0.